The van der Waals surface area contributed by atoms with Crippen molar-refractivity contribution in [1.29, 1.82) is 0 Å². The molecule has 96 valence electrons. The number of nitrogens with two attached hydrogens (primary N) is 1. The number of hydrogen-bond acceptors (Lipinski definition) is 3. The van der Waals surface area contributed by atoms with Crippen LogP contribution < -0.4 is 5.73 Å². The van der Waals surface area contributed by atoms with E-state index in [2.05, 4.69) is 16.0 Å². The van der Waals surface area contributed by atoms with Gasteiger partial charge in [-0.25, -0.2) is 9.97 Å². The van der Waals surface area contributed by atoms with Crippen LogP contribution in [0, 0.1) is 0 Å². The van der Waals surface area contributed by atoms with Crippen LogP contribution in [-0.4, -0.2) is 20.6 Å². The molecule has 4 heteroatoms. The van der Waals surface area contributed by atoms with E-state index >= 15 is 0 Å². The van der Waals surface area contributed by atoms with Crippen LogP contribution in [-0.2, 0) is 6.42 Å². The average molecular weight is 252 g/mol. The maximum Gasteiger partial charge on any atom is 0.138 e. The van der Waals surface area contributed by atoms with Gasteiger partial charge in [0.2, 0.25) is 0 Å². The third kappa shape index (κ3) is 2.35. The fourth-order valence-electron chi connectivity index (χ4n) is 2.19. The molecule has 0 aliphatic heterocycles. The van der Waals surface area contributed by atoms with Gasteiger partial charge >= 0.3 is 0 Å². The van der Waals surface area contributed by atoms with Crippen LogP contribution in [0.4, 0.5) is 0 Å². The van der Waals surface area contributed by atoms with E-state index < -0.39 is 0 Å². The molecule has 1 aromatic carbocycles. The summed E-state index contributed by atoms with van der Waals surface area (Å²) < 4.78 is 1.99. The summed E-state index contributed by atoms with van der Waals surface area (Å²) in [4.78, 5) is 8.86. The lowest BCUT2D eigenvalue weighted by Gasteiger charge is -2.07. The first kappa shape index (κ1) is 11.9. The quantitative estimate of drug-likeness (QED) is 0.778. The molecule has 1 atom stereocenters. The number of imidazole rings is 1. The first-order chi connectivity index (χ1) is 9.24. The van der Waals surface area contributed by atoms with Crippen LogP contribution in [0.15, 0.2) is 48.9 Å². The van der Waals surface area contributed by atoms with Crippen molar-refractivity contribution >= 4 is 11.0 Å². The number of nitrogens with zero attached hydrogens (tertiary/aromatic N) is 3. The molecule has 2 heterocycles. The van der Waals surface area contributed by atoms with Gasteiger partial charge in [0.25, 0.3) is 0 Å². The van der Waals surface area contributed by atoms with E-state index in [1.165, 1.54) is 0 Å². The summed E-state index contributed by atoms with van der Waals surface area (Å²) in [5, 5.41) is 0. The van der Waals surface area contributed by atoms with Crippen LogP contribution in [0.2, 0.25) is 0 Å². The average Bonchev–Trinajstić information content (AvgIpc) is 2.83. The van der Waals surface area contributed by atoms with Gasteiger partial charge in [-0.3, -0.25) is 4.57 Å². The summed E-state index contributed by atoms with van der Waals surface area (Å²) in [6.45, 7) is 2.00. The number of benzene rings is 1. The van der Waals surface area contributed by atoms with Gasteiger partial charge in [-0.1, -0.05) is 18.2 Å². The Morgan fingerprint density at radius 2 is 2.00 bits per heavy atom. The first-order valence-corrected chi connectivity index (χ1v) is 6.37. The molecule has 0 fully saturated rings. The summed E-state index contributed by atoms with van der Waals surface area (Å²) in [5.41, 5.74) is 8.98. The lowest BCUT2D eigenvalue weighted by atomic mass is 10.1. The minimum Gasteiger partial charge on any atom is -0.328 e. The van der Waals surface area contributed by atoms with Crippen molar-refractivity contribution < 1.29 is 0 Å². The maximum atomic E-state index is 5.79. The molecule has 0 saturated heterocycles. The molecule has 2 N–H and O–H groups in total. The van der Waals surface area contributed by atoms with Crippen LogP contribution in [0.3, 0.4) is 0 Å². The molecule has 1 unspecified atom stereocenters. The first-order valence-electron chi connectivity index (χ1n) is 6.37. The number of para-hydroxylation sites is 2. The summed E-state index contributed by atoms with van der Waals surface area (Å²) in [7, 11) is 0. The van der Waals surface area contributed by atoms with E-state index in [-0.39, 0.29) is 6.04 Å². The molecule has 2 aromatic heterocycles. The fraction of sp³-hybridized carbons (Fsp3) is 0.200. The number of pyridine rings is 1. The summed E-state index contributed by atoms with van der Waals surface area (Å²) >= 11 is 0. The van der Waals surface area contributed by atoms with Crippen molar-refractivity contribution in [1.82, 2.24) is 14.5 Å². The molecule has 0 amide bonds. The Morgan fingerprint density at radius 3 is 2.74 bits per heavy atom. The minimum absolute atomic E-state index is 0.154. The second kappa shape index (κ2) is 4.82. The highest BCUT2D eigenvalue weighted by molar-refractivity contribution is 5.76. The van der Waals surface area contributed by atoms with E-state index in [1.807, 2.05) is 48.0 Å². The molecule has 0 spiro atoms. The zero-order valence-corrected chi connectivity index (χ0v) is 10.8. The molecule has 0 aliphatic rings. The molecular weight excluding hydrogens is 236 g/mol. The third-order valence-corrected chi connectivity index (χ3v) is 3.07. The molecule has 0 radical (unpaired) electrons. The van der Waals surface area contributed by atoms with Crippen LogP contribution in [0.1, 0.15) is 12.5 Å². The molecule has 3 aromatic rings. The number of fused-ring (bicyclic) bond motifs is 1. The Bertz CT molecular complexity index is 683. The fourth-order valence-corrected chi connectivity index (χ4v) is 2.19. The van der Waals surface area contributed by atoms with E-state index in [0.717, 1.165) is 28.8 Å². The Hall–Kier alpha value is -2.20. The predicted molar refractivity (Wildman–Crippen MR) is 76.2 cm³/mol. The zero-order chi connectivity index (χ0) is 13.2. The zero-order valence-electron chi connectivity index (χ0n) is 10.8. The van der Waals surface area contributed by atoms with Gasteiger partial charge in [0.1, 0.15) is 12.1 Å². The second-order valence-electron chi connectivity index (χ2n) is 4.81. The van der Waals surface area contributed by atoms with Crippen molar-refractivity contribution in [2.75, 3.05) is 0 Å². The minimum atomic E-state index is 0.154. The third-order valence-electron chi connectivity index (χ3n) is 3.07. The van der Waals surface area contributed by atoms with Gasteiger partial charge in [0, 0.05) is 12.2 Å². The molecule has 0 saturated carbocycles. The monoisotopic (exact) mass is 252 g/mol. The highest BCUT2D eigenvalue weighted by atomic mass is 15.1. The van der Waals surface area contributed by atoms with Crippen LogP contribution in [0.5, 0.6) is 0 Å². The lowest BCUT2D eigenvalue weighted by molar-refractivity contribution is 0.735. The van der Waals surface area contributed by atoms with Crippen molar-refractivity contribution in [3.63, 3.8) is 0 Å². The Labute approximate surface area is 111 Å². The Balaban J connectivity index is 1.98. The molecule has 19 heavy (non-hydrogen) atoms. The molecule has 0 aliphatic carbocycles. The van der Waals surface area contributed by atoms with Crippen molar-refractivity contribution in [2.24, 2.45) is 5.73 Å². The Morgan fingerprint density at radius 1 is 1.16 bits per heavy atom. The normalized spacial score (nSPS) is 12.7. The van der Waals surface area contributed by atoms with Crippen molar-refractivity contribution in [2.45, 2.75) is 19.4 Å². The lowest BCUT2D eigenvalue weighted by Crippen LogP contribution is -2.17. The van der Waals surface area contributed by atoms with Gasteiger partial charge < -0.3 is 5.73 Å². The van der Waals surface area contributed by atoms with Gasteiger partial charge in [0.05, 0.1) is 11.0 Å². The SMILES string of the molecule is CC(N)Cc1ccc(-n2cnc3ccccc32)nc1. The van der Waals surface area contributed by atoms with Gasteiger partial charge in [-0.2, -0.15) is 0 Å². The summed E-state index contributed by atoms with van der Waals surface area (Å²) in [6, 6.07) is 12.3. The van der Waals surface area contributed by atoms with Gasteiger partial charge in [-0.05, 0) is 37.1 Å². The highest BCUT2D eigenvalue weighted by Crippen LogP contribution is 2.16. The maximum absolute atomic E-state index is 5.79. The standard InChI is InChI=1S/C15H16N4/c1-11(16)8-12-6-7-15(17-9-12)19-10-18-13-4-2-3-5-14(13)19/h2-7,9-11H,8,16H2,1H3. The molecular formula is C15H16N4. The largest absolute Gasteiger partial charge is 0.328 e. The van der Waals surface area contributed by atoms with Crippen molar-refractivity contribution in [3.05, 3.63) is 54.5 Å². The Kier molecular flexibility index (Phi) is 3.01. The highest BCUT2D eigenvalue weighted by Gasteiger charge is 2.05. The van der Waals surface area contributed by atoms with E-state index in [4.69, 9.17) is 5.73 Å². The summed E-state index contributed by atoms with van der Waals surface area (Å²) in [6.07, 6.45) is 4.53. The summed E-state index contributed by atoms with van der Waals surface area (Å²) in [5.74, 6) is 0.877. The number of aromatic nitrogens is 3. The van der Waals surface area contributed by atoms with E-state index in [1.54, 1.807) is 6.33 Å². The molecule has 3 rings (SSSR count). The molecule has 4 nitrogen and oxygen atoms in total. The number of rotatable bonds is 3. The topological polar surface area (TPSA) is 56.7 Å². The van der Waals surface area contributed by atoms with Crippen LogP contribution in [0.25, 0.3) is 16.9 Å². The second-order valence-corrected chi connectivity index (χ2v) is 4.81. The van der Waals surface area contributed by atoms with Gasteiger partial charge in [0.15, 0.2) is 0 Å². The van der Waals surface area contributed by atoms with Crippen LogP contribution >= 0.6 is 0 Å². The van der Waals surface area contributed by atoms with E-state index in [9.17, 15) is 0 Å². The molecule has 0 bridgehead atoms. The van der Waals surface area contributed by atoms with E-state index in [0.29, 0.717) is 0 Å². The van der Waals surface area contributed by atoms with Gasteiger partial charge in [-0.15, -0.1) is 0 Å². The number of hydrogen-bond donors (Lipinski definition) is 1. The smallest absolute Gasteiger partial charge is 0.138 e. The van der Waals surface area contributed by atoms with Crippen molar-refractivity contribution in [3.8, 4) is 5.82 Å². The predicted octanol–water partition coefficient (Wildman–Crippen LogP) is 2.31.